The number of rotatable bonds is 5. The molecule has 0 spiro atoms. The van der Waals surface area contributed by atoms with E-state index < -0.39 is 0 Å². The van der Waals surface area contributed by atoms with Crippen LogP contribution in [0.1, 0.15) is 23.7 Å². The van der Waals surface area contributed by atoms with Gasteiger partial charge in [0.1, 0.15) is 0 Å². The summed E-state index contributed by atoms with van der Waals surface area (Å²) in [6, 6.07) is 16.7. The number of nitrogens with zero attached hydrogens (tertiary/aromatic N) is 1. The summed E-state index contributed by atoms with van der Waals surface area (Å²) in [5, 5.41) is 5.60. The molecule has 122 valence electrons. The lowest BCUT2D eigenvalue weighted by Gasteiger charge is -2.10. The van der Waals surface area contributed by atoms with E-state index in [1.807, 2.05) is 18.2 Å². The van der Waals surface area contributed by atoms with Crippen molar-refractivity contribution < 1.29 is 0 Å². The molecule has 0 aliphatic rings. The number of hydrogen-bond donors (Lipinski definition) is 1. The predicted molar refractivity (Wildman–Crippen MR) is 102 cm³/mol. The summed E-state index contributed by atoms with van der Waals surface area (Å²) >= 11 is 6.34. The molecule has 0 bridgehead atoms. The Labute approximate surface area is 148 Å². The topological polar surface area (TPSA) is 17.0 Å². The van der Waals surface area contributed by atoms with Gasteiger partial charge in [0.15, 0.2) is 0 Å². The predicted octanol–water partition coefficient (Wildman–Crippen LogP) is 5.18. The Morgan fingerprint density at radius 2 is 1.74 bits per heavy atom. The smallest absolute Gasteiger partial charge is 0.0493 e. The lowest BCUT2D eigenvalue weighted by molar-refractivity contribution is 0.715. The van der Waals surface area contributed by atoms with Gasteiger partial charge in [0.05, 0.1) is 0 Å². The standard InChI is InChI=1S/C19H21ClN2.ClH/c1-3-21-12-17-14(2)22(19-11-7-5-9-16(17)19)13-15-8-4-6-10-18(15)20;/h4-11,21H,3,12-13H2,1-2H3;1H. The Morgan fingerprint density at radius 3 is 2.48 bits per heavy atom. The second-order valence-electron chi connectivity index (χ2n) is 5.54. The fraction of sp³-hybridized carbons (Fsp3) is 0.263. The molecule has 1 N–H and O–H groups in total. The molecule has 0 aliphatic carbocycles. The van der Waals surface area contributed by atoms with Crippen LogP contribution in [0.25, 0.3) is 10.9 Å². The maximum Gasteiger partial charge on any atom is 0.0493 e. The van der Waals surface area contributed by atoms with Crippen molar-refractivity contribution in [3.8, 4) is 0 Å². The number of nitrogens with one attached hydrogen (secondary N) is 1. The maximum atomic E-state index is 6.34. The number of benzene rings is 2. The van der Waals surface area contributed by atoms with Crippen LogP contribution in [0.3, 0.4) is 0 Å². The van der Waals surface area contributed by atoms with Crippen LogP contribution >= 0.6 is 24.0 Å². The molecule has 0 saturated heterocycles. The largest absolute Gasteiger partial charge is 0.340 e. The summed E-state index contributed by atoms with van der Waals surface area (Å²) < 4.78 is 2.36. The Hall–Kier alpha value is -1.48. The SMILES string of the molecule is CCNCc1c(C)n(Cc2ccccc2Cl)c2ccccc12.Cl. The zero-order valence-corrected chi connectivity index (χ0v) is 15.0. The molecule has 0 radical (unpaired) electrons. The van der Waals surface area contributed by atoms with Gasteiger partial charge in [0.2, 0.25) is 0 Å². The van der Waals surface area contributed by atoms with Gasteiger partial charge in [-0.25, -0.2) is 0 Å². The van der Waals surface area contributed by atoms with Crippen LogP contribution in [0.5, 0.6) is 0 Å². The van der Waals surface area contributed by atoms with Crippen LogP contribution in [0.4, 0.5) is 0 Å². The highest BCUT2D eigenvalue weighted by Crippen LogP contribution is 2.28. The number of fused-ring (bicyclic) bond motifs is 1. The second-order valence-corrected chi connectivity index (χ2v) is 5.95. The van der Waals surface area contributed by atoms with Crippen LogP contribution < -0.4 is 5.32 Å². The molecule has 3 rings (SSSR count). The maximum absolute atomic E-state index is 6.34. The van der Waals surface area contributed by atoms with Gasteiger partial charge in [-0.3, -0.25) is 0 Å². The fourth-order valence-corrected chi connectivity index (χ4v) is 3.17. The van der Waals surface area contributed by atoms with Gasteiger partial charge in [-0.15, -0.1) is 12.4 Å². The number of para-hydroxylation sites is 1. The molecule has 0 fully saturated rings. The van der Waals surface area contributed by atoms with E-state index in [1.54, 1.807) is 0 Å². The van der Waals surface area contributed by atoms with Crippen LogP contribution in [-0.2, 0) is 13.1 Å². The molecular weight excluding hydrogens is 327 g/mol. The third-order valence-electron chi connectivity index (χ3n) is 4.20. The van der Waals surface area contributed by atoms with Gasteiger partial charge >= 0.3 is 0 Å². The quantitative estimate of drug-likeness (QED) is 0.671. The van der Waals surface area contributed by atoms with Crippen molar-refractivity contribution in [3.05, 3.63) is 70.4 Å². The molecule has 23 heavy (non-hydrogen) atoms. The van der Waals surface area contributed by atoms with E-state index in [9.17, 15) is 0 Å². The lowest BCUT2D eigenvalue weighted by atomic mass is 10.1. The normalized spacial score (nSPS) is 10.7. The molecule has 2 nitrogen and oxygen atoms in total. The van der Waals surface area contributed by atoms with Crippen molar-refractivity contribution in [2.75, 3.05) is 6.54 Å². The van der Waals surface area contributed by atoms with E-state index in [-0.39, 0.29) is 12.4 Å². The highest BCUT2D eigenvalue weighted by Gasteiger charge is 2.14. The van der Waals surface area contributed by atoms with E-state index in [1.165, 1.54) is 22.2 Å². The minimum atomic E-state index is 0. The number of halogens is 2. The monoisotopic (exact) mass is 348 g/mol. The third kappa shape index (κ3) is 3.55. The minimum Gasteiger partial charge on any atom is -0.340 e. The molecule has 0 atom stereocenters. The Morgan fingerprint density at radius 1 is 1.04 bits per heavy atom. The van der Waals surface area contributed by atoms with Gasteiger partial charge < -0.3 is 9.88 Å². The summed E-state index contributed by atoms with van der Waals surface area (Å²) in [6.07, 6.45) is 0. The molecular formula is C19H22Cl2N2. The van der Waals surface area contributed by atoms with Crippen molar-refractivity contribution in [1.29, 1.82) is 0 Å². The molecule has 4 heteroatoms. The van der Waals surface area contributed by atoms with Gasteiger partial charge in [0, 0.05) is 34.7 Å². The van der Waals surface area contributed by atoms with E-state index >= 15 is 0 Å². The Bertz CT molecular complexity index is 793. The average molecular weight is 349 g/mol. The zero-order chi connectivity index (χ0) is 15.5. The van der Waals surface area contributed by atoms with E-state index in [4.69, 9.17) is 11.6 Å². The first kappa shape index (κ1) is 17.9. The van der Waals surface area contributed by atoms with Crippen molar-refractivity contribution in [1.82, 2.24) is 9.88 Å². The molecule has 0 amide bonds. The van der Waals surface area contributed by atoms with E-state index in [2.05, 4.69) is 54.1 Å². The lowest BCUT2D eigenvalue weighted by Crippen LogP contribution is -2.13. The second kappa shape index (κ2) is 7.87. The van der Waals surface area contributed by atoms with E-state index in [0.29, 0.717) is 0 Å². The van der Waals surface area contributed by atoms with Crippen LogP contribution in [0.15, 0.2) is 48.5 Å². The zero-order valence-electron chi connectivity index (χ0n) is 13.5. The van der Waals surface area contributed by atoms with Crippen molar-refractivity contribution >= 4 is 34.9 Å². The first-order chi connectivity index (χ1) is 10.7. The van der Waals surface area contributed by atoms with Gasteiger partial charge in [-0.05, 0) is 36.7 Å². The number of hydrogen-bond acceptors (Lipinski definition) is 1. The van der Waals surface area contributed by atoms with Crippen LogP contribution in [-0.4, -0.2) is 11.1 Å². The highest BCUT2D eigenvalue weighted by molar-refractivity contribution is 6.31. The van der Waals surface area contributed by atoms with Crippen LogP contribution in [0, 0.1) is 6.92 Å². The molecule has 3 aromatic rings. The molecule has 0 aliphatic heterocycles. The molecule has 2 aromatic carbocycles. The van der Waals surface area contributed by atoms with Crippen molar-refractivity contribution in [2.24, 2.45) is 0 Å². The molecule has 1 heterocycles. The first-order valence-electron chi connectivity index (χ1n) is 7.73. The fourth-order valence-electron chi connectivity index (χ4n) is 2.98. The highest BCUT2D eigenvalue weighted by atomic mass is 35.5. The van der Waals surface area contributed by atoms with E-state index in [0.717, 1.165) is 30.2 Å². The van der Waals surface area contributed by atoms with Crippen LogP contribution in [0.2, 0.25) is 5.02 Å². The minimum absolute atomic E-state index is 0. The van der Waals surface area contributed by atoms with Crippen molar-refractivity contribution in [2.45, 2.75) is 26.9 Å². The summed E-state index contributed by atoms with van der Waals surface area (Å²) in [6.45, 7) is 7.02. The molecule has 0 unspecified atom stereocenters. The van der Waals surface area contributed by atoms with Crippen molar-refractivity contribution in [3.63, 3.8) is 0 Å². The van der Waals surface area contributed by atoms with Gasteiger partial charge in [-0.2, -0.15) is 0 Å². The third-order valence-corrected chi connectivity index (χ3v) is 4.57. The summed E-state index contributed by atoms with van der Waals surface area (Å²) in [7, 11) is 0. The molecule has 1 aromatic heterocycles. The Kier molecular flexibility index (Phi) is 6.11. The van der Waals surface area contributed by atoms with Gasteiger partial charge in [0.25, 0.3) is 0 Å². The summed E-state index contributed by atoms with van der Waals surface area (Å²) in [4.78, 5) is 0. The first-order valence-corrected chi connectivity index (χ1v) is 8.11. The average Bonchev–Trinajstić information content (AvgIpc) is 2.80. The Balaban J connectivity index is 0.00000192. The molecule has 0 saturated carbocycles. The number of aromatic nitrogens is 1. The van der Waals surface area contributed by atoms with Gasteiger partial charge in [-0.1, -0.05) is 54.9 Å². The summed E-state index contributed by atoms with van der Waals surface area (Å²) in [5.74, 6) is 0. The summed E-state index contributed by atoms with van der Waals surface area (Å²) in [5.41, 5.74) is 5.11.